The molecule has 5 heteroatoms. The number of urea groups is 1. The molecule has 1 heterocycles. The molecule has 84 valence electrons. The third kappa shape index (κ3) is 2.78. The van der Waals surface area contributed by atoms with E-state index in [1.807, 2.05) is 13.8 Å². The van der Waals surface area contributed by atoms with Gasteiger partial charge in [0.15, 0.2) is 0 Å². The summed E-state index contributed by atoms with van der Waals surface area (Å²) in [6.07, 6.45) is 0.588. The molecule has 0 saturated carbocycles. The van der Waals surface area contributed by atoms with Gasteiger partial charge in [-0.15, -0.1) is 0 Å². The molecule has 1 aliphatic heterocycles. The molecular formula is C10H16N2O3. The monoisotopic (exact) mass is 212 g/mol. The summed E-state index contributed by atoms with van der Waals surface area (Å²) < 4.78 is 0. The predicted octanol–water partition coefficient (Wildman–Crippen LogP) is 0.542. The number of ketones is 1. The maximum atomic E-state index is 11.4. The summed E-state index contributed by atoms with van der Waals surface area (Å²) in [7, 11) is 0. The normalized spacial score (nSPS) is 21.1. The molecule has 3 amide bonds. The van der Waals surface area contributed by atoms with Gasteiger partial charge >= 0.3 is 6.03 Å². The molecule has 1 unspecified atom stereocenters. The summed E-state index contributed by atoms with van der Waals surface area (Å²) in [5.41, 5.74) is 0. The number of hydrogen-bond acceptors (Lipinski definition) is 3. The smallest absolute Gasteiger partial charge is 0.305 e. The van der Waals surface area contributed by atoms with E-state index in [4.69, 9.17) is 0 Å². The molecule has 15 heavy (non-hydrogen) atoms. The number of carbonyl (C=O) groups excluding carboxylic acids is 3. The minimum atomic E-state index is -0.485. The fourth-order valence-electron chi connectivity index (χ4n) is 1.65. The standard InChI is InChI=1S/C10H16N2O3/c1-6(2)4-8-9(14)11-10(15)12(8)5-7(3)13/h6,8H,4-5H2,1-3H3,(H,11,14,15). The topological polar surface area (TPSA) is 66.5 Å². The Morgan fingerprint density at radius 1 is 1.47 bits per heavy atom. The Morgan fingerprint density at radius 2 is 2.07 bits per heavy atom. The van der Waals surface area contributed by atoms with Crippen LogP contribution in [0.25, 0.3) is 0 Å². The highest BCUT2D eigenvalue weighted by molar-refractivity contribution is 6.05. The zero-order valence-corrected chi connectivity index (χ0v) is 9.24. The van der Waals surface area contributed by atoms with Crippen LogP contribution < -0.4 is 5.32 Å². The molecule has 0 bridgehead atoms. The first kappa shape index (κ1) is 11.7. The van der Waals surface area contributed by atoms with E-state index in [9.17, 15) is 14.4 Å². The molecule has 1 fully saturated rings. The summed E-state index contributed by atoms with van der Waals surface area (Å²) >= 11 is 0. The van der Waals surface area contributed by atoms with Crippen molar-refractivity contribution >= 4 is 17.7 Å². The second kappa shape index (κ2) is 4.42. The Hall–Kier alpha value is -1.39. The molecule has 1 atom stereocenters. The van der Waals surface area contributed by atoms with E-state index in [2.05, 4.69) is 5.32 Å². The van der Waals surface area contributed by atoms with Crippen LogP contribution in [0, 0.1) is 5.92 Å². The fraction of sp³-hybridized carbons (Fsp3) is 0.700. The number of nitrogens with one attached hydrogen (secondary N) is 1. The minimum absolute atomic E-state index is 0.00889. The van der Waals surface area contributed by atoms with Gasteiger partial charge in [0, 0.05) is 0 Å². The van der Waals surface area contributed by atoms with Gasteiger partial charge in [-0.2, -0.15) is 0 Å². The molecule has 0 aromatic carbocycles. The van der Waals surface area contributed by atoms with Crippen LogP contribution in [-0.4, -0.2) is 35.2 Å². The highest BCUT2D eigenvalue weighted by atomic mass is 16.2. The van der Waals surface area contributed by atoms with Crippen LogP contribution in [0.4, 0.5) is 4.79 Å². The number of rotatable bonds is 4. The van der Waals surface area contributed by atoms with Crippen molar-refractivity contribution in [3.05, 3.63) is 0 Å². The van der Waals surface area contributed by atoms with E-state index in [1.54, 1.807) is 0 Å². The van der Waals surface area contributed by atoms with Crippen molar-refractivity contribution in [1.82, 2.24) is 10.2 Å². The molecule has 0 aromatic rings. The first-order chi connectivity index (χ1) is 6.91. The fourth-order valence-corrected chi connectivity index (χ4v) is 1.65. The molecule has 0 radical (unpaired) electrons. The molecule has 0 aliphatic carbocycles. The lowest BCUT2D eigenvalue weighted by Crippen LogP contribution is -2.39. The quantitative estimate of drug-likeness (QED) is 0.692. The van der Waals surface area contributed by atoms with Gasteiger partial charge in [0.25, 0.3) is 5.91 Å². The molecule has 0 aromatic heterocycles. The summed E-state index contributed by atoms with van der Waals surface area (Å²) in [4.78, 5) is 35.0. The van der Waals surface area contributed by atoms with Gasteiger partial charge in [-0.1, -0.05) is 13.8 Å². The zero-order chi connectivity index (χ0) is 11.6. The van der Waals surface area contributed by atoms with Gasteiger partial charge in [-0.25, -0.2) is 4.79 Å². The van der Waals surface area contributed by atoms with Crippen LogP contribution in [0.1, 0.15) is 27.2 Å². The van der Waals surface area contributed by atoms with Crippen molar-refractivity contribution < 1.29 is 14.4 Å². The van der Waals surface area contributed by atoms with Crippen molar-refractivity contribution in [2.45, 2.75) is 33.2 Å². The molecule has 1 saturated heterocycles. The van der Waals surface area contributed by atoms with E-state index < -0.39 is 12.1 Å². The SMILES string of the molecule is CC(=O)CN1C(=O)NC(=O)C1CC(C)C. The molecule has 0 spiro atoms. The highest BCUT2D eigenvalue weighted by Crippen LogP contribution is 2.16. The molecule has 1 rings (SSSR count). The van der Waals surface area contributed by atoms with Crippen LogP contribution in [0.15, 0.2) is 0 Å². The lowest BCUT2D eigenvalue weighted by Gasteiger charge is -2.21. The zero-order valence-electron chi connectivity index (χ0n) is 9.24. The summed E-state index contributed by atoms with van der Waals surface area (Å²) in [5, 5.41) is 2.22. The first-order valence-corrected chi connectivity index (χ1v) is 5.02. The number of amides is 3. The van der Waals surface area contributed by atoms with Gasteiger partial charge < -0.3 is 4.90 Å². The van der Waals surface area contributed by atoms with Crippen LogP contribution >= 0.6 is 0 Å². The largest absolute Gasteiger partial charge is 0.325 e. The van der Waals surface area contributed by atoms with E-state index in [0.29, 0.717) is 12.3 Å². The van der Waals surface area contributed by atoms with Crippen LogP contribution in [0.3, 0.4) is 0 Å². The van der Waals surface area contributed by atoms with E-state index >= 15 is 0 Å². The van der Waals surface area contributed by atoms with E-state index in [1.165, 1.54) is 11.8 Å². The van der Waals surface area contributed by atoms with E-state index in [0.717, 1.165) is 0 Å². The third-order valence-corrected chi connectivity index (χ3v) is 2.26. The second-order valence-electron chi connectivity index (χ2n) is 4.27. The molecule has 5 nitrogen and oxygen atoms in total. The van der Waals surface area contributed by atoms with Crippen molar-refractivity contribution in [2.24, 2.45) is 5.92 Å². The molecule has 1 N–H and O–H groups in total. The Kier molecular flexibility index (Phi) is 3.44. The second-order valence-corrected chi connectivity index (χ2v) is 4.27. The Balaban J connectivity index is 2.75. The van der Waals surface area contributed by atoms with E-state index in [-0.39, 0.29) is 18.2 Å². The molecule has 1 aliphatic rings. The van der Waals surface area contributed by atoms with Crippen molar-refractivity contribution in [3.63, 3.8) is 0 Å². The maximum absolute atomic E-state index is 11.4. The summed E-state index contributed by atoms with van der Waals surface area (Å²) in [6, 6.07) is -0.942. The van der Waals surface area contributed by atoms with Crippen molar-refractivity contribution in [1.29, 1.82) is 0 Å². The minimum Gasteiger partial charge on any atom is -0.305 e. The number of nitrogens with zero attached hydrogens (tertiary/aromatic N) is 1. The summed E-state index contributed by atoms with van der Waals surface area (Å²) in [5.74, 6) is -0.107. The van der Waals surface area contributed by atoms with Gasteiger partial charge in [0.1, 0.15) is 11.8 Å². The Morgan fingerprint density at radius 3 is 2.53 bits per heavy atom. The first-order valence-electron chi connectivity index (χ1n) is 5.02. The predicted molar refractivity (Wildman–Crippen MR) is 54.2 cm³/mol. The lowest BCUT2D eigenvalue weighted by molar-refractivity contribution is -0.122. The average Bonchev–Trinajstić information content (AvgIpc) is 2.30. The lowest BCUT2D eigenvalue weighted by atomic mass is 10.0. The van der Waals surface area contributed by atoms with Gasteiger partial charge in [0.05, 0.1) is 6.54 Å². The third-order valence-electron chi connectivity index (χ3n) is 2.26. The van der Waals surface area contributed by atoms with Crippen LogP contribution in [0.5, 0.6) is 0 Å². The maximum Gasteiger partial charge on any atom is 0.325 e. The van der Waals surface area contributed by atoms with Gasteiger partial charge in [0.2, 0.25) is 0 Å². The van der Waals surface area contributed by atoms with Crippen molar-refractivity contribution in [2.75, 3.05) is 6.54 Å². The number of carbonyl (C=O) groups is 3. The van der Waals surface area contributed by atoms with Crippen molar-refractivity contribution in [3.8, 4) is 0 Å². The number of hydrogen-bond donors (Lipinski definition) is 1. The number of imide groups is 1. The average molecular weight is 212 g/mol. The van der Waals surface area contributed by atoms with Gasteiger partial charge in [-0.3, -0.25) is 14.9 Å². The molecular weight excluding hydrogens is 196 g/mol. The Labute approximate surface area is 88.8 Å². The summed E-state index contributed by atoms with van der Waals surface area (Å²) in [6.45, 7) is 5.36. The van der Waals surface area contributed by atoms with Crippen LogP contribution in [0.2, 0.25) is 0 Å². The number of Topliss-reactive ketones (excluding diaryl/α,β-unsaturated/α-hetero) is 1. The Bertz CT molecular complexity index is 299. The van der Waals surface area contributed by atoms with Gasteiger partial charge in [-0.05, 0) is 19.3 Å². The highest BCUT2D eigenvalue weighted by Gasteiger charge is 2.38. The van der Waals surface area contributed by atoms with Crippen LogP contribution in [-0.2, 0) is 9.59 Å².